The van der Waals surface area contributed by atoms with Crippen molar-refractivity contribution in [2.45, 2.75) is 210 Å². The number of nitrogens with zero attached hydrogens (tertiary/aromatic N) is 15. The number of para-hydroxylation sites is 1. The van der Waals surface area contributed by atoms with Crippen LogP contribution >= 0.6 is 91.3 Å². The number of ether oxygens (including phenoxy) is 7. The maximum atomic E-state index is 13.8. The number of fused-ring (bicyclic) bond motifs is 10. The Labute approximate surface area is 895 Å². The minimum Gasteiger partial charge on any atom is -0.454 e. The molecule has 1 saturated carbocycles. The third kappa shape index (κ3) is 25.7. The van der Waals surface area contributed by atoms with E-state index in [0.29, 0.717) is 107 Å². The second-order valence-electron chi connectivity index (χ2n) is 39.0. The van der Waals surface area contributed by atoms with Gasteiger partial charge in [0.2, 0.25) is 20.4 Å². The number of rotatable bonds is 30. The molecule has 0 unspecified atom stereocenters. The third-order valence-corrected chi connectivity index (χ3v) is 30.8. The summed E-state index contributed by atoms with van der Waals surface area (Å²) in [4.78, 5) is 90.0. The predicted octanol–water partition coefficient (Wildman–Crippen LogP) is 18.1. The SMILES string of the molecule is CC(C)(C)CNCCn1c(Sc2cc3c(cc2I)OCO3)nc2c(N)ncnc21.CC(C)NCCCn1c(Cc2cc3c(cc2I)OCO3)nc2c(N)nc(F)nc21.CC(C)NCCCn1c(Sc2cc3c(cc2I)OCO3)nc2c(N)ncnc21.CC1CCC(Nc2cc(-n3nc(C(F)(F)F)c4c3CC(C)(C)CC4=O)ccc2C(N)=O)CC1.COCCNc1cc(-n2c3c(c4ccccc42)C(=O)CCC3)ccc1C(N)=O. The number of carbonyl (C=O) groups excluding carboxylic acids is 4. The number of amides is 2. The summed E-state index contributed by atoms with van der Waals surface area (Å²) in [7, 11) is 1.63. The van der Waals surface area contributed by atoms with Gasteiger partial charge in [-0.25, -0.2) is 39.6 Å². The highest BCUT2D eigenvalue weighted by molar-refractivity contribution is 14.1. The Hall–Kier alpha value is -11.8. The van der Waals surface area contributed by atoms with Crippen LogP contribution in [0.4, 0.5) is 46.4 Å². The monoisotopic (exact) mass is 2390 g/mol. The molecule has 0 bridgehead atoms. The number of carbonyl (C=O) groups is 4. The Bertz CT molecular complexity index is 7240. The maximum Gasteiger partial charge on any atom is 0.435 e. The average Bonchev–Trinajstić information content (AvgIpc) is 1.59. The second kappa shape index (κ2) is 47.0. The first-order chi connectivity index (χ1) is 70.2. The van der Waals surface area contributed by atoms with E-state index in [4.69, 9.17) is 71.8 Å². The number of hydrogen-bond acceptors (Lipinski definition) is 31. The van der Waals surface area contributed by atoms with Gasteiger partial charge in [0.05, 0.1) is 40.2 Å². The first kappa shape index (κ1) is 108. The summed E-state index contributed by atoms with van der Waals surface area (Å²) in [6, 6.07) is 31.0. The van der Waals surface area contributed by atoms with Gasteiger partial charge in [0.15, 0.2) is 113 Å². The first-order valence-corrected chi connectivity index (χ1v) is 53.3. The first-order valence-electron chi connectivity index (χ1n) is 48.4. The number of aryl methyl sites for hydroxylation is 2. The Morgan fingerprint density at radius 3 is 1.69 bits per heavy atom. The van der Waals surface area contributed by atoms with Crippen LogP contribution in [-0.4, -0.2) is 181 Å². The number of nitrogens with two attached hydrogens (primary N) is 5. The number of primary amides is 2. The standard InChI is InChI=1S/C24H29F3N4O2.C22H23N3O3.C19H22FIN6O2.C19H23IN6O2S.C18H21IN6O2S/c1-13-4-6-14(7-5-13)29-17-10-15(8-9-16(17)22(28)33)31-18-11-23(2,3)12-19(32)20(18)21(30-31)24(25,26)27;1-28-12-11-24-17-13-14(9-10-15(17)22(23)27)25-18-6-3-2-5-16(18)21-19(25)7-4-8-20(21)26;1-10(2)23-4-3-5-27-15(24-16-17(22)25-19(20)26-18(16)27)7-11-6-13-14(8-12(11)21)29-9-28-13;1-19(2,3)8-22-4-5-26-17-15(16(21)23-9-24-17)25-18(26)29-14-7-13-12(6-11(14)20)27-10-28-13;1-10(2)21-4-3-5-25-17-15(16(20)22-8-23-17)24-18(25)28-14-7-13-12(6-11(14)19)26-9-27-13/h8-10,13-14,29H,4-7,11-12H2,1-3H3,(H2,28,33);2-3,5-6,9-10,13,24H,4,7-8,11-12H2,1H3,(H2,23,27);6,8,10,23H,3-5,7,9H2,1-2H3,(H2,22,25,26);6-7,9,22H,4-5,8,10H2,1-3H3,(H2,21,23,24);6-8,10,21H,3-5,9H2,1-2H3,(H2,20,22,23). The van der Waals surface area contributed by atoms with E-state index >= 15 is 0 Å². The second-order valence-corrected chi connectivity index (χ2v) is 44.5. The van der Waals surface area contributed by atoms with Crippen molar-refractivity contribution in [3.05, 3.63) is 177 Å². The minimum absolute atomic E-state index is 0.0301. The van der Waals surface area contributed by atoms with Crippen molar-refractivity contribution in [2.75, 3.05) is 94.7 Å². The normalized spacial score (nSPS) is 15.3. The van der Waals surface area contributed by atoms with Crippen LogP contribution in [0.3, 0.4) is 0 Å². The van der Waals surface area contributed by atoms with Crippen molar-refractivity contribution >= 4 is 188 Å². The zero-order chi connectivity index (χ0) is 105. The van der Waals surface area contributed by atoms with Gasteiger partial charge in [0, 0.05) is 138 Å². The van der Waals surface area contributed by atoms with Gasteiger partial charge >= 0.3 is 12.3 Å². The molecule has 147 heavy (non-hydrogen) atoms. The number of nitrogens with one attached hydrogen (secondary N) is 5. The molecule has 3 aliphatic carbocycles. The molecule has 0 radical (unpaired) electrons. The minimum atomic E-state index is -4.75. The average molecular weight is 2390 g/mol. The number of anilines is 5. The third-order valence-electron chi connectivity index (χ3n) is 25.2. The van der Waals surface area contributed by atoms with Crippen molar-refractivity contribution in [1.82, 2.24) is 88.9 Å². The Kier molecular flexibility index (Phi) is 34.5. The molecule has 1 fully saturated rings. The van der Waals surface area contributed by atoms with E-state index < -0.39 is 41.0 Å². The molecular formula is C102H118F4I3N25O11S2. The van der Waals surface area contributed by atoms with Gasteiger partial charge in [-0.3, -0.25) is 19.2 Å². The molecule has 0 saturated heterocycles. The fraction of sp³-hybridized carbons (Fsp3) is 0.412. The molecule has 20 rings (SSSR count). The molecule has 0 atom stereocenters. The van der Waals surface area contributed by atoms with Crippen LogP contribution in [0.5, 0.6) is 34.5 Å². The number of alkyl halides is 3. The molecule has 15 N–H and O–H groups in total. The van der Waals surface area contributed by atoms with Crippen molar-refractivity contribution < 1.29 is 69.9 Å². The summed E-state index contributed by atoms with van der Waals surface area (Å²) in [5.74, 6) is 5.28. The number of halogens is 7. The highest BCUT2D eigenvalue weighted by Gasteiger charge is 2.46. The molecule has 14 aromatic rings. The molecule has 11 heterocycles. The van der Waals surface area contributed by atoms with Crippen LogP contribution in [0.15, 0.2) is 130 Å². The lowest BCUT2D eigenvalue weighted by atomic mass is 9.75. The van der Waals surface area contributed by atoms with E-state index in [1.54, 1.807) is 42.8 Å². The predicted molar refractivity (Wildman–Crippen MR) is 582 cm³/mol. The zero-order valence-electron chi connectivity index (χ0n) is 83.2. The van der Waals surface area contributed by atoms with Crippen LogP contribution in [0.25, 0.3) is 55.8 Å². The van der Waals surface area contributed by atoms with Crippen LogP contribution in [0, 0.1) is 33.5 Å². The summed E-state index contributed by atoms with van der Waals surface area (Å²) in [6.45, 7) is 28.5. The molecular weight excluding hydrogens is 2270 g/mol. The molecule has 6 aromatic carbocycles. The molecule has 45 heteroatoms. The van der Waals surface area contributed by atoms with Gasteiger partial charge in [0.25, 0.3) is 11.8 Å². The Morgan fingerprint density at radius 1 is 0.585 bits per heavy atom. The van der Waals surface area contributed by atoms with E-state index in [1.807, 2.05) is 91.2 Å². The summed E-state index contributed by atoms with van der Waals surface area (Å²) in [5.41, 5.74) is 38.2. The molecule has 8 aromatic heterocycles. The van der Waals surface area contributed by atoms with E-state index in [1.165, 1.54) is 29.5 Å². The fourth-order valence-corrected chi connectivity index (χ4v) is 22.2. The van der Waals surface area contributed by atoms with Crippen molar-refractivity contribution in [2.24, 2.45) is 28.2 Å². The van der Waals surface area contributed by atoms with Crippen LogP contribution in [-0.2, 0) is 49.8 Å². The lowest BCUT2D eigenvalue weighted by Crippen LogP contribution is -2.29. The van der Waals surface area contributed by atoms with Gasteiger partial charge < -0.3 is 107 Å². The van der Waals surface area contributed by atoms with E-state index in [9.17, 15) is 36.7 Å². The van der Waals surface area contributed by atoms with Crippen LogP contribution in [0.2, 0.25) is 0 Å². The molecule has 36 nitrogen and oxygen atoms in total. The number of ketones is 2. The molecule has 0 spiro atoms. The number of imidazole rings is 3. The number of methoxy groups -OCH3 is 1. The summed E-state index contributed by atoms with van der Waals surface area (Å²) >= 11 is 10.0. The van der Waals surface area contributed by atoms with E-state index in [-0.39, 0.29) is 73.1 Å². The number of hydrogen-bond donors (Lipinski definition) is 10. The van der Waals surface area contributed by atoms with Gasteiger partial charge in [-0.15, -0.1) is 0 Å². The quantitative estimate of drug-likeness (QED) is 0.00865. The zero-order valence-corrected chi connectivity index (χ0v) is 91.3. The van der Waals surface area contributed by atoms with Crippen molar-refractivity contribution in [1.29, 1.82) is 0 Å². The van der Waals surface area contributed by atoms with Gasteiger partial charge in [0.1, 0.15) is 18.5 Å². The number of benzene rings is 6. The number of aromatic nitrogens is 15. The summed E-state index contributed by atoms with van der Waals surface area (Å²) in [6.07, 6.45) is 6.28. The Balaban J connectivity index is 0.000000131. The topological polar surface area (TPSA) is 477 Å². The van der Waals surface area contributed by atoms with Gasteiger partial charge in [-0.2, -0.15) is 32.6 Å². The lowest BCUT2D eigenvalue weighted by molar-refractivity contribution is -0.141. The fourth-order valence-electron chi connectivity index (χ4n) is 18.1. The summed E-state index contributed by atoms with van der Waals surface area (Å²) in [5, 5.41) is 23.4. The van der Waals surface area contributed by atoms with Crippen LogP contribution in [0.1, 0.15) is 197 Å². The van der Waals surface area contributed by atoms with E-state index in [0.717, 1.165) is 206 Å². The molecule has 778 valence electrons. The van der Waals surface area contributed by atoms with Crippen LogP contribution < -0.4 is 83.7 Å². The lowest BCUT2D eigenvalue weighted by Gasteiger charge is -2.30. The maximum absolute atomic E-state index is 13.8. The molecule has 2 amide bonds. The van der Waals surface area contributed by atoms with E-state index in [2.05, 4.69) is 203 Å². The summed E-state index contributed by atoms with van der Waals surface area (Å²) < 4.78 is 106. The Morgan fingerprint density at radius 2 is 1.12 bits per heavy atom. The molecule has 3 aliphatic heterocycles. The van der Waals surface area contributed by atoms with Gasteiger partial charge in [-0.05, 0) is 240 Å². The highest BCUT2D eigenvalue weighted by atomic mass is 127. The number of nitrogen functional groups attached to an aromatic ring is 3. The molecule has 6 aliphatic rings. The largest absolute Gasteiger partial charge is 0.454 e. The van der Waals surface area contributed by atoms with Crippen molar-refractivity contribution in [3.63, 3.8) is 0 Å². The highest BCUT2D eigenvalue weighted by Crippen LogP contribution is 2.48. The smallest absolute Gasteiger partial charge is 0.435 e. The van der Waals surface area contributed by atoms with Crippen molar-refractivity contribution in [3.8, 4) is 45.9 Å². The number of Topliss-reactive ketones (excluding diaryl/α,β-unsaturated/α-hetero) is 2. The van der Waals surface area contributed by atoms with Gasteiger partial charge in [-0.1, -0.05) is 111 Å².